The van der Waals surface area contributed by atoms with Gasteiger partial charge in [0, 0.05) is 11.4 Å². The number of rotatable bonds is 9. The van der Waals surface area contributed by atoms with Gasteiger partial charge in [0.05, 0.1) is 5.75 Å². The van der Waals surface area contributed by atoms with Crippen LogP contribution in [0.2, 0.25) is 0 Å². The van der Waals surface area contributed by atoms with Gasteiger partial charge in [-0.2, -0.15) is 11.8 Å². The van der Waals surface area contributed by atoms with Gasteiger partial charge in [0.2, 0.25) is 0 Å². The summed E-state index contributed by atoms with van der Waals surface area (Å²) in [6.45, 7) is 8.69. The molecule has 1 aromatic heterocycles. The molecule has 1 N–H and O–H groups in total. The highest BCUT2D eigenvalue weighted by Gasteiger charge is 2.11. The quantitative estimate of drug-likeness (QED) is 0.706. The molecule has 0 amide bonds. The zero-order valence-electron chi connectivity index (χ0n) is 12.8. The fourth-order valence-electron chi connectivity index (χ4n) is 2.22. The van der Waals surface area contributed by atoms with E-state index in [1.54, 1.807) is 11.8 Å². The van der Waals surface area contributed by atoms with E-state index in [1.807, 2.05) is 0 Å². The maximum absolute atomic E-state index is 4.73. The Kier molecular flexibility index (Phi) is 8.07. The first-order valence-electron chi connectivity index (χ1n) is 7.33. The summed E-state index contributed by atoms with van der Waals surface area (Å²) in [6.07, 6.45) is 6.33. The molecule has 0 fully saturated rings. The van der Waals surface area contributed by atoms with E-state index in [2.05, 4.69) is 32.3 Å². The third-order valence-corrected chi connectivity index (χ3v) is 3.69. The predicted molar refractivity (Wildman–Crippen MR) is 84.9 cm³/mol. The highest BCUT2D eigenvalue weighted by atomic mass is 32.2. The largest absolute Gasteiger partial charge is 0.316 e. The van der Waals surface area contributed by atoms with Gasteiger partial charge < -0.3 is 5.32 Å². The van der Waals surface area contributed by atoms with Gasteiger partial charge in [0.1, 0.15) is 5.82 Å². The Morgan fingerprint density at radius 1 is 1.00 bits per heavy atom. The first-order valence-corrected chi connectivity index (χ1v) is 8.73. The zero-order chi connectivity index (χ0) is 14.1. The fourth-order valence-corrected chi connectivity index (χ4v) is 2.61. The molecule has 0 aromatic carbocycles. The molecule has 1 heterocycles. The number of aromatic nitrogens is 2. The Morgan fingerprint density at radius 3 is 2.11 bits per heavy atom. The van der Waals surface area contributed by atoms with Crippen LogP contribution in [0.5, 0.6) is 0 Å². The van der Waals surface area contributed by atoms with Crippen molar-refractivity contribution in [3.05, 3.63) is 22.8 Å². The first-order chi connectivity index (χ1) is 9.26. The van der Waals surface area contributed by atoms with Crippen LogP contribution in [0.1, 0.15) is 50.0 Å². The smallest absolute Gasteiger partial charge is 0.138 e. The Balaban J connectivity index is 2.86. The maximum Gasteiger partial charge on any atom is 0.138 e. The van der Waals surface area contributed by atoms with Gasteiger partial charge in [0.15, 0.2) is 0 Å². The van der Waals surface area contributed by atoms with Crippen molar-refractivity contribution in [1.29, 1.82) is 0 Å². The molecule has 1 aromatic rings. The van der Waals surface area contributed by atoms with E-state index < -0.39 is 0 Å². The summed E-state index contributed by atoms with van der Waals surface area (Å²) in [6, 6.07) is 0. The third-order valence-electron chi connectivity index (χ3n) is 3.15. The summed E-state index contributed by atoms with van der Waals surface area (Å²) >= 11 is 1.79. The number of hydrogen-bond acceptors (Lipinski definition) is 4. The molecular formula is C15H27N3S. The molecule has 0 radical (unpaired) electrons. The van der Waals surface area contributed by atoms with E-state index in [0.29, 0.717) is 0 Å². The first kappa shape index (κ1) is 16.4. The highest BCUT2D eigenvalue weighted by molar-refractivity contribution is 7.97. The van der Waals surface area contributed by atoms with Gasteiger partial charge in [0.25, 0.3) is 0 Å². The van der Waals surface area contributed by atoms with Crippen LogP contribution in [0.3, 0.4) is 0 Å². The van der Waals surface area contributed by atoms with E-state index >= 15 is 0 Å². The average Bonchev–Trinajstić information content (AvgIpc) is 2.44. The van der Waals surface area contributed by atoms with Crippen molar-refractivity contribution < 1.29 is 0 Å². The number of aryl methyl sites for hydroxylation is 2. The second-order valence-corrected chi connectivity index (χ2v) is 5.52. The molecule has 0 aliphatic carbocycles. The van der Waals surface area contributed by atoms with Crippen LogP contribution in [0, 0.1) is 0 Å². The van der Waals surface area contributed by atoms with Crippen LogP contribution in [0.25, 0.3) is 0 Å². The molecule has 108 valence electrons. The lowest BCUT2D eigenvalue weighted by molar-refractivity contribution is 0.661. The number of hydrogen-bond donors (Lipinski definition) is 1. The highest BCUT2D eigenvalue weighted by Crippen LogP contribution is 2.16. The minimum atomic E-state index is 0.911. The fraction of sp³-hybridized carbons (Fsp3) is 0.733. The molecular weight excluding hydrogens is 254 g/mol. The monoisotopic (exact) mass is 281 g/mol. The van der Waals surface area contributed by atoms with Crippen LogP contribution in [-0.4, -0.2) is 29.3 Å². The summed E-state index contributed by atoms with van der Waals surface area (Å²) in [7, 11) is 0. The molecule has 0 atom stereocenters. The summed E-state index contributed by atoms with van der Waals surface area (Å²) in [4.78, 5) is 9.46. The molecule has 0 saturated heterocycles. The van der Waals surface area contributed by atoms with Crippen LogP contribution in [0.15, 0.2) is 0 Å². The summed E-state index contributed by atoms with van der Waals surface area (Å²) in [5.74, 6) is 1.90. The van der Waals surface area contributed by atoms with Gasteiger partial charge in [-0.15, -0.1) is 0 Å². The molecule has 4 heteroatoms. The van der Waals surface area contributed by atoms with E-state index in [1.165, 1.54) is 23.4 Å². The minimum absolute atomic E-state index is 0.911. The molecule has 0 aliphatic heterocycles. The zero-order valence-corrected chi connectivity index (χ0v) is 13.6. The maximum atomic E-state index is 4.73. The second-order valence-electron chi connectivity index (χ2n) is 4.65. The van der Waals surface area contributed by atoms with Gasteiger partial charge in [-0.05, 0) is 50.6 Å². The lowest BCUT2D eigenvalue weighted by Gasteiger charge is -2.14. The molecule has 0 saturated carbocycles. The molecule has 3 nitrogen and oxygen atoms in total. The Labute approximate surface area is 122 Å². The van der Waals surface area contributed by atoms with E-state index in [0.717, 1.165) is 43.9 Å². The lowest BCUT2D eigenvalue weighted by atomic mass is 10.0. The summed E-state index contributed by atoms with van der Waals surface area (Å²) in [5.41, 5.74) is 3.86. The summed E-state index contributed by atoms with van der Waals surface area (Å²) < 4.78 is 0. The van der Waals surface area contributed by atoms with Crippen LogP contribution in [0.4, 0.5) is 0 Å². The Morgan fingerprint density at radius 2 is 1.63 bits per heavy atom. The molecule has 0 unspecified atom stereocenters. The van der Waals surface area contributed by atoms with Gasteiger partial charge in [-0.25, -0.2) is 9.97 Å². The third kappa shape index (κ3) is 5.11. The van der Waals surface area contributed by atoms with Crippen molar-refractivity contribution in [2.45, 2.75) is 52.2 Å². The summed E-state index contributed by atoms with van der Waals surface area (Å²) in [5, 5.41) is 3.47. The van der Waals surface area contributed by atoms with Crippen LogP contribution >= 0.6 is 11.8 Å². The Hall–Kier alpha value is -0.610. The normalized spacial score (nSPS) is 10.9. The molecule has 19 heavy (non-hydrogen) atoms. The predicted octanol–water partition coefficient (Wildman–Crippen LogP) is 3.01. The number of nitrogens with zero attached hydrogens (tertiary/aromatic N) is 2. The van der Waals surface area contributed by atoms with Crippen molar-refractivity contribution >= 4 is 11.8 Å². The van der Waals surface area contributed by atoms with Crippen molar-refractivity contribution in [3.8, 4) is 0 Å². The number of nitrogens with one attached hydrogen (secondary N) is 1. The van der Waals surface area contributed by atoms with Gasteiger partial charge in [-0.1, -0.05) is 20.8 Å². The Bertz CT molecular complexity index is 355. The lowest BCUT2D eigenvalue weighted by Crippen LogP contribution is -2.20. The topological polar surface area (TPSA) is 37.8 Å². The van der Waals surface area contributed by atoms with E-state index in [-0.39, 0.29) is 0 Å². The van der Waals surface area contributed by atoms with Gasteiger partial charge in [-0.3, -0.25) is 0 Å². The van der Waals surface area contributed by atoms with Crippen molar-refractivity contribution in [3.63, 3.8) is 0 Å². The van der Waals surface area contributed by atoms with Crippen LogP contribution in [-0.2, 0) is 25.0 Å². The standard InChI is InChI=1S/C15H27N3S/c1-5-9-16-10-8-12-13(6-2)17-15(11-19-4)18-14(12)7-3/h16H,5-11H2,1-4H3. The van der Waals surface area contributed by atoms with Crippen molar-refractivity contribution in [2.75, 3.05) is 19.3 Å². The average molecular weight is 281 g/mol. The SMILES string of the molecule is CCCNCCc1c(CC)nc(CSC)nc1CC. The van der Waals surface area contributed by atoms with Gasteiger partial charge >= 0.3 is 0 Å². The molecule has 1 rings (SSSR count). The van der Waals surface area contributed by atoms with E-state index in [9.17, 15) is 0 Å². The minimum Gasteiger partial charge on any atom is -0.316 e. The second kappa shape index (κ2) is 9.32. The molecule has 0 spiro atoms. The molecule has 0 aliphatic rings. The van der Waals surface area contributed by atoms with Crippen LogP contribution < -0.4 is 5.32 Å². The van der Waals surface area contributed by atoms with Crippen molar-refractivity contribution in [1.82, 2.24) is 15.3 Å². The van der Waals surface area contributed by atoms with E-state index in [4.69, 9.17) is 9.97 Å². The van der Waals surface area contributed by atoms with Crippen molar-refractivity contribution in [2.24, 2.45) is 0 Å². The number of thioether (sulfide) groups is 1. The molecule has 0 bridgehead atoms.